The lowest BCUT2D eigenvalue weighted by Crippen LogP contribution is -2.29. The van der Waals surface area contributed by atoms with Crippen molar-refractivity contribution in [2.24, 2.45) is 5.92 Å². The molecule has 0 aliphatic heterocycles. The monoisotopic (exact) mass is 297 g/mol. The van der Waals surface area contributed by atoms with Gasteiger partial charge in [0, 0.05) is 10.7 Å². The van der Waals surface area contributed by atoms with E-state index in [4.69, 9.17) is 11.6 Å². The summed E-state index contributed by atoms with van der Waals surface area (Å²) >= 11 is 6.08. The third kappa shape index (κ3) is 2.47. The predicted octanol–water partition coefficient (Wildman–Crippen LogP) is 4.42. The Hall–Kier alpha value is -2.06. The average Bonchev–Trinajstić information content (AvgIpc) is 3.24. The first kappa shape index (κ1) is 13.9. The minimum atomic E-state index is -0.539. The van der Waals surface area contributed by atoms with Crippen LogP contribution < -0.4 is 5.32 Å². The van der Waals surface area contributed by atoms with Gasteiger partial charge in [-0.05, 0) is 42.2 Å². The number of carbonyl (C=O) groups is 1. The van der Waals surface area contributed by atoms with E-state index in [2.05, 4.69) is 11.9 Å². The van der Waals surface area contributed by atoms with Gasteiger partial charge in [0.2, 0.25) is 5.91 Å². The molecule has 0 radical (unpaired) electrons. The second-order valence-electron chi connectivity index (χ2n) is 5.35. The lowest BCUT2D eigenvalue weighted by atomic mass is 9.92. The summed E-state index contributed by atoms with van der Waals surface area (Å²) < 4.78 is 0. The molecule has 3 rings (SSSR count). The van der Waals surface area contributed by atoms with Crippen LogP contribution >= 0.6 is 11.6 Å². The molecule has 1 aliphatic rings. The molecular formula is C18H16ClNO. The fourth-order valence-electron chi connectivity index (χ4n) is 2.83. The Kier molecular flexibility index (Phi) is 3.56. The van der Waals surface area contributed by atoms with Gasteiger partial charge in [0.25, 0.3) is 0 Å². The normalized spacial score (nSPS) is 23.4. The molecule has 0 heterocycles. The third-order valence-electron chi connectivity index (χ3n) is 4.08. The Bertz CT molecular complexity index is 683. The Morgan fingerprint density at radius 3 is 2.62 bits per heavy atom. The number of benzene rings is 2. The van der Waals surface area contributed by atoms with Crippen LogP contribution in [-0.4, -0.2) is 5.91 Å². The smallest absolute Gasteiger partial charge is 0.235 e. The average molecular weight is 298 g/mol. The number of hydrogen-bond acceptors (Lipinski definition) is 1. The zero-order valence-corrected chi connectivity index (χ0v) is 12.3. The molecule has 2 aromatic rings. The third-order valence-corrected chi connectivity index (χ3v) is 4.31. The molecule has 1 amide bonds. The van der Waals surface area contributed by atoms with Crippen molar-refractivity contribution >= 4 is 23.2 Å². The van der Waals surface area contributed by atoms with Gasteiger partial charge in [-0.1, -0.05) is 48.0 Å². The Morgan fingerprint density at radius 2 is 2.00 bits per heavy atom. The van der Waals surface area contributed by atoms with E-state index in [-0.39, 0.29) is 11.8 Å². The van der Waals surface area contributed by atoms with Crippen LogP contribution in [-0.2, 0) is 10.2 Å². The molecule has 2 atom stereocenters. The fourth-order valence-corrected chi connectivity index (χ4v) is 3.02. The van der Waals surface area contributed by atoms with E-state index in [1.54, 1.807) is 0 Å². The number of halogens is 1. The van der Waals surface area contributed by atoms with Gasteiger partial charge in [0.05, 0.1) is 5.41 Å². The first-order valence-electron chi connectivity index (χ1n) is 6.92. The van der Waals surface area contributed by atoms with Crippen molar-refractivity contribution in [3.8, 4) is 0 Å². The summed E-state index contributed by atoms with van der Waals surface area (Å²) in [5.41, 5.74) is 1.22. The standard InChI is InChI=1S/C18H16ClNO/c1-2-13-12-18(13,14-7-6-8-15(19)11-14)17(21)20-16-9-4-3-5-10-16/h2-11,13H,1,12H2,(H,20,21). The number of para-hydroxylation sites is 1. The number of hydrogen-bond donors (Lipinski definition) is 1. The number of allylic oxidation sites excluding steroid dienone is 1. The first-order chi connectivity index (χ1) is 10.2. The van der Waals surface area contributed by atoms with Crippen LogP contribution in [0.5, 0.6) is 0 Å². The second-order valence-corrected chi connectivity index (χ2v) is 5.78. The zero-order chi connectivity index (χ0) is 14.9. The second kappa shape index (κ2) is 5.38. The number of amides is 1. The summed E-state index contributed by atoms with van der Waals surface area (Å²) in [6.45, 7) is 3.84. The summed E-state index contributed by atoms with van der Waals surface area (Å²) in [4.78, 5) is 12.8. The van der Waals surface area contributed by atoms with E-state index < -0.39 is 5.41 Å². The SMILES string of the molecule is C=CC1CC1(C(=O)Nc1ccccc1)c1cccc(Cl)c1. The highest BCUT2D eigenvalue weighted by molar-refractivity contribution is 6.30. The Balaban J connectivity index is 1.92. The maximum absolute atomic E-state index is 12.8. The van der Waals surface area contributed by atoms with Gasteiger partial charge in [-0.2, -0.15) is 0 Å². The molecule has 3 heteroatoms. The molecule has 21 heavy (non-hydrogen) atoms. The van der Waals surface area contributed by atoms with Gasteiger partial charge in [-0.15, -0.1) is 6.58 Å². The topological polar surface area (TPSA) is 29.1 Å². The summed E-state index contributed by atoms with van der Waals surface area (Å²) in [5.74, 6) is 0.153. The molecule has 0 aromatic heterocycles. The molecule has 0 saturated heterocycles. The summed E-state index contributed by atoms with van der Waals surface area (Å²) in [7, 11) is 0. The zero-order valence-electron chi connectivity index (χ0n) is 11.6. The molecular weight excluding hydrogens is 282 g/mol. The largest absolute Gasteiger partial charge is 0.325 e. The van der Waals surface area contributed by atoms with Crippen LogP contribution in [0.1, 0.15) is 12.0 Å². The van der Waals surface area contributed by atoms with E-state index in [0.29, 0.717) is 5.02 Å². The maximum Gasteiger partial charge on any atom is 0.235 e. The first-order valence-corrected chi connectivity index (χ1v) is 7.30. The summed E-state index contributed by atoms with van der Waals surface area (Å²) in [6, 6.07) is 17.0. The van der Waals surface area contributed by atoms with Crippen molar-refractivity contribution in [1.29, 1.82) is 0 Å². The molecule has 1 N–H and O–H groups in total. The fraction of sp³-hybridized carbons (Fsp3) is 0.167. The molecule has 1 fully saturated rings. The van der Waals surface area contributed by atoms with Crippen LogP contribution in [0, 0.1) is 5.92 Å². The molecule has 1 saturated carbocycles. The van der Waals surface area contributed by atoms with Crippen molar-refractivity contribution < 1.29 is 4.79 Å². The highest BCUT2D eigenvalue weighted by Crippen LogP contribution is 2.55. The van der Waals surface area contributed by atoms with Gasteiger partial charge < -0.3 is 5.32 Å². The lowest BCUT2D eigenvalue weighted by Gasteiger charge is -2.17. The van der Waals surface area contributed by atoms with Gasteiger partial charge in [-0.25, -0.2) is 0 Å². The summed E-state index contributed by atoms with van der Waals surface area (Å²) in [5, 5.41) is 3.64. The Labute approximate surface area is 129 Å². The van der Waals surface area contributed by atoms with Crippen LogP contribution in [0.3, 0.4) is 0 Å². The molecule has 2 unspecified atom stereocenters. The molecule has 0 bridgehead atoms. The molecule has 2 aromatic carbocycles. The van der Waals surface area contributed by atoms with Crippen LogP contribution in [0.4, 0.5) is 5.69 Å². The van der Waals surface area contributed by atoms with Gasteiger partial charge >= 0.3 is 0 Å². The minimum Gasteiger partial charge on any atom is -0.325 e. The van der Waals surface area contributed by atoms with Gasteiger partial charge in [0.1, 0.15) is 0 Å². The van der Waals surface area contributed by atoms with E-state index in [9.17, 15) is 4.79 Å². The maximum atomic E-state index is 12.8. The van der Waals surface area contributed by atoms with Crippen molar-refractivity contribution in [2.45, 2.75) is 11.8 Å². The lowest BCUT2D eigenvalue weighted by molar-refractivity contribution is -0.118. The van der Waals surface area contributed by atoms with Gasteiger partial charge in [0.15, 0.2) is 0 Å². The van der Waals surface area contributed by atoms with E-state index >= 15 is 0 Å². The highest BCUT2D eigenvalue weighted by atomic mass is 35.5. The van der Waals surface area contributed by atoms with Crippen LogP contribution in [0.2, 0.25) is 5.02 Å². The van der Waals surface area contributed by atoms with Crippen molar-refractivity contribution in [2.75, 3.05) is 5.32 Å². The summed E-state index contributed by atoms with van der Waals surface area (Å²) in [6.07, 6.45) is 2.63. The van der Waals surface area contributed by atoms with Crippen LogP contribution in [0.15, 0.2) is 67.3 Å². The number of nitrogens with one attached hydrogen (secondary N) is 1. The van der Waals surface area contributed by atoms with Crippen LogP contribution in [0.25, 0.3) is 0 Å². The van der Waals surface area contributed by atoms with Crippen molar-refractivity contribution in [3.63, 3.8) is 0 Å². The number of rotatable bonds is 4. The number of anilines is 1. The van der Waals surface area contributed by atoms with E-state index in [1.165, 1.54) is 0 Å². The highest BCUT2D eigenvalue weighted by Gasteiger charge is 2.59. The predicted molar refractivity (Wildman–Crippen MR) is 86.5 cm³/mol. The quantitative estimate of drug-likeness (QED) is 0.832. The number of carbonyl (C=O) groups excluding carboxylic acids is 1. The van der Waals surface area contributed by atoms with E-state index in [0.717, 1.165) is 17.7 Å². The molecule has 1 aliphatic carbocycles. The Morgan fingerprint density at radius 1 is 1.24 bits per heavy atom. The molecule has 0 spiro atoms. The van der Waals surface area contributed by atoms with Gasteiger partial charge in [-0.3, -0.25) is 4.79 Å². The minimum absolute atomic E-state index is 0.000802. The van der Waals surface area contributed by atoms with Crippen molar-refractivity contribution in [1.82, 2.24) is 0 Å². The molecule has 106 valence electrons. The molecule has 2 nitrogen and oxygen atoms in total. The van der Waals surface area contributed by atoms with E-state index in [1.807, 2.05) is 60.7 Å². The van der Waals surface area contributed by atoms with Crippen molar-refractivity contribution in [3.05, 3.63) is 77.8 Å².